The van der Waals surface area contributed by atoms with Crippen molar-refractivity contribution in [1.29, 1.82) is 0 Å². The molecular weight excluding hydrogens is 298 g/mol. The number of aromatic nitrogens is 1. The molecule has 0 N–H and O–H groups in total. The quantitative estimate of drug-likeness (QED) is 0.494. The fraction of sp³-hybridized carbons (Fsp3) is 0.294. The minimum atomic E-state index is -0.270. The molecule has 0 amide bonds. The van der Waals surface area contributed by atoms with E-state index >= 15 is 0 Å². The van der Waals surface area contributed by atoms with Crippen LogP contribution in [0.5, 0.6) is 0 Å². The van der Waals surface area contributed by atoms with E-state index in [9.17, 15) is 9.59 Å². The van der Waals surface area contributed by atoms with Crippen LogP contribution < -0.4 is 0 Å². The average molecular weight is 315 g/mol. The van der Waals surface area contributed by atoms with Crippen molar-refractivity contribution < 1.29 is 14.3 Å². The molecule has 3 rings (SSSR count). The van der Waals surface area contributed by atoms with Gasteiger partial charge in [0, 0.05) is 22.7 Å². The highest BCUT2D eigenvalue weighted by atomic mass is 32.2. The van der Waals surface area contributed by atoms with Crippen LogP contribution in [0.1, 0.15) is 34.1 Å². The van der Waals surface area contributed by atoms with Crippen LogP contribution in [0.4, 0.5) is 0 Å². The normalized spacial score (nSPS) is 16.4. The minimum Gasteiger partial charge on any atom is -0.469 e. The molecule has 1 atom stereocenters. The van der Waals surface area contributed by atoms with Crippen molar-refractivity contribution in [2.45, 2.75) is 23.8 Å². The van der Waals surface area contributed by atoms with Gasteiger partial charge in [-0.25, -0.2) is 0 Å². The van der Waals surface area contributed by atoms with Crippen LogP contribution in [-0.2, 0) is 16.1 Å². The Hall–Kier alpha value is -2.01. The van der Waals surface area contributed by atoms with E-state index in [1.165, 1.54) is 18.9 Å². The minimum absolute atomic E-state index is 0.00159. The Morgan fingerprint density at radius 3 is 2.64 bits per heavy atom. The van der Waals surface area contributed by atoms with Crippen LogP contribution in [0.25, 0.3) is 0 Å². The molecular formula is C17H17NO3S. The number of rotatable bonds is 4. The number of ether oxygens (including phenoxy) is 1. The third-order valence-corrected chi connectivity index (χ3v) is 4.80. The fourth-order valence-electron chi connectivity index (χ4n) is 2.98. The van der Waals surface area contributed by atoms with Gasteiger partial charge in [-0.2, -0.15) is 0 Å². The van der Waals surface area contributed by atoms with Gasteiger partial charge in [-0.3, -0.25) is 9.59 Å². The van der Waals surface area contributed by atoms with E-state index in [1.807, 2.05) is 47.2 Å². The van der Waals surface area contributed by atoms with E-state index in [0.717, 1.165) is 10.6 Å². The van der Waals surface area contributed by atoms with E-state index in [-0.39, 0.29) is 17.7 Å². The number of methoxy groups -OCH3 is 1. The van der Waals surface area contributed by atoms with Gasteiger partial charge < -0.3 is 9.30 Å². The number of thioether (sulfide) groups is 1. The third kappa shape index (κ3) is 2.35. The Labute approximate surface area is 133 Å². The van der Waals surface area contributed by atoms with E-state index < -0.39 is 0 Å². The van der Waals surface area contributed by atoms with Crippen LogP contribution in [0.2, 0.25) is 0 Å². The Morgan fingerprint density at radius 2 is 2.00 bits per heavy atom. The lowest BCUT2D eigenvalue weighted by atomic mass is 10.1. The fourth-order valence-corrected chi connectivity index (χ4v) is 3.61. The van der Waals surface area contributed by atoms with Crippen molar-refractivity contribution in [3.63, 3.8) is 0 Å². The largest absolute Gasteiger partial charge is 0.469 e. The second kappa shape index (κ2) is 6.01. The lowest BCUT2D eigenvalue weighted by Gasteiger charge is -2.07. The van der Waals surface area contributed by atoms with Crippen molar-refractivity contribution in [3.8, 4) is 0 Å². The number of hydrogen-bond acceptors (Lipinski definition) is 4. The molecule has 114 valence electrons. The van der Waals surface area contributed by atoms with Gasteiger partial charge in [-0.05, 0) is 18.7 Å². The molecule has 1 aromatic heterocycles. The molecule has 1 aliphatic rings. The summed E-state index contributed by atoms with van der Waals surface area (Å²) in [5.74, 6) is -0.502. The van der Waals surface area contributed by atoms with E-state index in [4.69, 9.17) is 4.74 Å². The Balaban J connectivity index is 2.06. The highest BCUT2D eigenvalue weighted by Gasteiger charge is 2.34. The van der Waals surface area contributed by atoms with Crippen LogP contribution in [0.15, 0.2) is 41.3 Å². The number of nitrogens with zero attached hydrogens (tertiary/aromatic N) is 1. The zero-order valence-corrected chi connectivity index (χ0v) is 13.4. The van der Waals surface area contributed by atoms with Crippen molar-refractivity contribution in [2.75, 3.05) is 13.4 Å². The standard InChI is InChI=1S/C17H17NO3S/c1-21-17(20)12-8-9-18-13(12)10-14(22-2)15(18)16(19)11-6-4-3-5-7-11/h3-7,10,12H,8-9H2,1-2H3. The maximum atomic E-state index is 12.8. The second-order valence-electron chi connectivity index (χ2n) is 5.20. The highest BCUT2D eigenvalue weighted by Crippen LogP contribution is 2.37. The number of esters is 1. The SMILES string of the molecule is COC(=O)C1CCn2c1cc(SC)c2C(=O)c1ccccc1. The predicted octanol–water partition coefficient (Wildman–Crippen LogP) is 3.10. The summed E-state index contributed by atoms with van der Waals surface area (Å²) in [5.41, 5.74) is 2.23. The lowest BCUT2D eigenvalue weighted by Crippen LogP contribution is -2.12. The molecule has 0 radical (unpaired) electrons. The van der Waals surface area contributed by atoms with Gasteiger partial charge in [0.05, 0.1) is 13.0 Å². The first-order chi connectivity index (χ1) is 10.7. The highest BCUT2D eigenvalue weighted by molar-refractivity contribution is 7.98. The van der Waals surface area contributed by atoms with Gasteiger partial charge in [0.1, 0.15) is 5.69 Å². The molecule has 0 spiro atoms. The molecule has 2 heterocycles. The first-order valence-electron chi connectivity index (χ1n) is 7.12. The number of fused-ring (bicyclic) bond motifs is 1. The number of carbonyl (C=O) groups is 2. The zero-order valence-electron chi connectivity index (χ0n) is 12.5. The Morgan fingerprint density at radius 1 is 1.27 bits per heavy atom. The van der Waals surface area contributed by atoms with Gasteiger partial charge >= 0.3 is 5.97 Å². The van der Waals surface area contributed by atoms with Crippen LogP contribution >= 0.6 is 11.8 Å². The summed E-state index contributed by atoms with van der Waals surface area (Å²) in [5, 5.41) is 0. The van der Waals surface area contributed by atoms with E-state index in [2.05, 4.69) is 0 Å². The van der Waals surface area contributed by atoms with Crippen molar-refractivity contribution in [2.24, 2.45) is 0 Å². The van der Waals surface area contributed by atoms with Crippen molar-refractivity contribution in [1.82, 2.24) is 4.57 Å². The smallest absolute Gasteiger partial charge is 0.314 e. The van der Waals surface area contributed by atoms with E-state index in [0.29, 0.717) is 24.2 Å². The molecule has 1 aromatic carbocycles. The summed E-state index contributed by atoms with van der Waals surface area (Å²) in [6, 6.07) is 11.2. The number of ketones is 1. The van der Waals surface area contributed by atoms with Gasteiger partial charge in [0.25, 0.3) is 0 Å². The topological polar surface area (TPSA) is 48.3 Å². The molecule has 0 saturated heterocycles. The van der Waals surface area contributed by atoms with Gasteiger partial charge in [-0.15, -0.1) is 11.8 Å². The average Bonchev–Trinajstić information content (AvgIpc) is 3.12. The predicted molar refractivity (Wildman–Crippen MR) is 85.5 cm³/mol. The zero-order chi connectivity index (χ0) is 15.7. The summed E-state index contributed by atoms with van der Waals surface area (Å²) < 4.78 is 6.85. The number of carbonyl (C=O) groups excluding carboxylic acids is 2. The van der Waals surface area contributed by atoms with Gasteiger partial charge in [0.15, 0.2) is 0 Å². The third-order valence-electron chi connectivity index (χ3n) is 4.05. The summed E-state index contributed by atoms with van der Waals surface area (Å²) in [6.07, 6.45) is 2.63. The molecule has 4 nitrogen and oxygen atoms in total. The monoisotopic (exact) mass is 315 g/mol. The summed E-state index contributed by atoms with van der Waals surface area (Å²) >= 11 is 1.53. The Bertz CT molecular complexity index is 721. The van der Waals surface area contributed by atoms with Crippen LogP contribution in [-0.4, -0.2) is 29.7 Å². The maximum absolute atomic E-state index is 12.8. The second-order valence-corrected chi connectivity index (χ2v) is 6.05. The van der Waals surface area contributed by atoms with Crippen LogP contribution in [0.3, 0.4) is 0 Å². The molecule has 0 saturated carbocycles. The summed E-state index contributed by atoms with van der Waals surface area (Å²) in [6.45, 7) is 0.670. The first kappa shape index (κ1) is 14.9. The van der Waals surface area contributed by atoms with Crippen molar-refractivity contribution >= 4 is 23.5 Å². The van der Waals surface area contributed by atoms with E-state index in [1.54, 1.807) is 0 Å². The summed E-state index contributed by atoms with van der Waals surface area (Å²) in [7, 11) is 1.40. The molecule has 2 aromatic rings. The molecule has 0 fully saturated rings. The number of benzene rings is 1. The van der Waals surface area contributed by atoms with Gasteiger partial charge in [0.2, 0.25) is 5.78 Å². The molecule has 0 bridgehead atoms. The molecule has 5 heteroatoms. The first-order valence-corrected chi connectivity index (χ1v) is 8.34. The summed E-state index contributed by atoms with van der Waals surface area (Å²) in [4.78, 5) is 25.7. The number of hydrogen-bond donors (Lipinski definition) is 0. The molecule has 1 aliphatic heterocycles. The lowest BCUT2D eigenvalue weighted by molar-refractivity contribution is -0.142. The maximum Gasteiger partial charge on any atom is 0.314 e. The van der Waals surface area contributed by atoms with Crippen molar-refractivity contribution in [3.05, 3.63) is 53.3 Å². The van der Waals surface area contributed by atoms with Crippen LogP contribution in [0, 0.1) is 0 Å². The molecule has 1 unspecified atom stereocenters. The Kier molecular flexibility index (Phi) is 4.07. The molecule has 22 heavy (non-hydrogen) atoms. The molecule has 0 aliphatic carbocycles. The van der Waals surface area contributed by atoms with Gasteiger partial charge in [-0.1, -0.05) is 30.3 Å².